The predicted octanol–water partition coefficient (Wildman–Crippen LogP) is 0.674. The van der Waals surface area contributed by atoms with Gasteiger partial charge < -0.3 is 15.0 Å². The number of amides is 2. The molecule has 2 aliphatic heterocycles. The minimum atomic E-state index is 0.0422. The maximum atomic E-state index is 12.4. The zero-order valence-corrected chi connectivity index (χ0v) is 13.9. The van der Waals surface area contributed by atoms with Gasteiger partial charge in [0.25, 0.3) is 0 Å². The van der Waals surface area contributed by atoms with Crippen LogP contribution < -0.4 is 5.32 Å². The van der Waals surface area contributed by atoms with E-state index >= 15 is 0 Å². The molecule has 3 heterocycles. The summed E-state index contributed by atoms with van der Waals surface area (Å²) in [6.07, 6.45) is 6.02. The van der Waals surface area contributed by atoms with Crippen LogP contribution in [-0.4, -0.2) is 71.5 Å². The summed E-state index contributed by atoms with van der Waals surface area (Å²) in [5, 5.41) is 7.13. The molecule has 2 saturated heterocycles. The van der Waals surface area contributed by atoms with Crippen LogP contribution in [0.4, 0.5) is 4.79 Å². The molecule has 2 aliphatic rings. The van der Waals surface area contributed by atoms with Gasteiger partial charge in [-0.05, 0) is 18.8 Å². The van der Waals surface area contributed by atoms with Crippen molar-refractivity contribution in [3.8, 4) is 0 Å². The molecular formula is C16H27N5O2. The molecule has 0 radical (unpaired) electrons. The summed E-state index contributed by atoms with van der Waals surface area (Å²) in [5.41, 5.74) is 1.03. The smallest absolute Gasteiger partial charge is 0.317 e. The Hall–Kier alpha value is -1.60. The summed E-state index contributed by atoms with van der Waals surface area (Å²) in [6, 6.07) is 0.0422. The number of aromatic nitrogens is 2. The second-order valence-electron chi connectivity index (χ2n) is 6.55. The lowest BCUT2D eigenvalue weighted by Crippen LogP contribution is -2.48. The van der Waals surface area contributed by atoms with Crippen LogP contribution in [0.5, 0.6) is 0 Å². The maximum Gasteiger partial charge on any atom is 0.317 e. The fourth-order valence-corrected chi connectivity index (χ4v) is 3.40. The van der Waals surface area contributed by atoms with Crippen LogP contribution in [-0.2, 0) is 18.3 Å². The Labute approximate surface area is 137 Å². The number of likely N-dealkylation sites (tertiary alicyclic amines) is 1. The van der Waals surface area contributed by atoms with Crippen molar-refractivity contribution in [2.75, 3.05) is 45.9 Å². The zero-order chi connectivity index (χ0) is 16.1. The Morgan fingerprint density at radius 3 is 2.96 bits per heavy atom. The second-order valence-corrected chi connectivity index (χ2v) is 6.55. The minimum absolute atomic E-state index is 0.0422. The molecule has 0 spiro atoms. The van der Waals surface area contributed by atoms with Gasteiger partial charge >= 0.3 is 6.03 Å². The number of morpholine rings is 1. The Bertz CT molecular complexity index is 512. The zero-order valence-electron chi connectivity index (χ0n) is 13.9. The Kier molecular flexibility index (Phi) is 5.51. The van der Waals surface area contributed by atoms with Crippen molar-refractivity contribution in [3.05, 3.63) is 18.0 Å². The summed E-state index contributed by atoms with van der Waals surface area (Å²) in [7, 11) is 1.88. The molecule has 2 fully saturated rings. The fraction of sp³-hybridized carbons (Fsp3) is 0.750. The number of nitrogens with one attached hydrogen (secondary N) is 1. The molecule has 1 N–H and O–H groups in total. The topological polar surface area (TPSA) is 62.6 Å². The summed E-state index contributed by atoms with van der Waals surface area (Å²) in [4.78, 5) is 16.8. The first-order valence-corrected chi connectivity index (χ1v) is 8.51. The van der Waals surface area contributed by atoms with Crippen molar-refractivity contribution in [2.24, 2.45) is 13.0 Å². The van der Waals surface area contributed by atoms with Crippen LogP contribution in [0.3, 0.4) is 0 Å². The Morgan fingerprint density at radius 1 is 1.39 bits per heavy atom. The predicted molar refractivity (Wildman–Crippen MR) is 87.0 cm³/mol. The molecule has 128 valence electrons. The molecule has 2 amide bonds. The molecule has 23 heavy (non-hydrogen) atoms. The lowest BCUT2D eigenvalue weighted by Gasteiger charge is -2.36. The minimum Gasteiger partial charge on any atom is -0.379 e. The first-order chi connectivity index (χ1) is 11.2. The highest BCUT2D eigenvalue weighted by Crippen LogP contribution is 2.18. The van der Waals surface area contributed by atoms with E-state index in [-0.39, 0.29) is 6.03 Å². The molecule has 3 rings (SSSR count). The standard InChI is InChI=1S/C16H27N5O2/c1-19-11-15(10-18-19)9-17-16(22)21-4-2-3-14(13-21)12-20-5-7-23-8-6-20/h10-11,14H,2-9,12-13H2,1H3,(H,17,22). The second kappa shape index (κ2) is 7.79. The molecular weight excluding hydrogens is 294 g/mol. The maximum absolute atomic E-state index is 12.4. The van der Waals surface area contributed by atoms with E-state index in [0.717, 1.165) is 57.9 Å². The highest BCUT2D eigenvalue weighted by molar-refractivity contribution is 5.74. The molecule has 1 aromatic heterocycles. The number of aryl methyl sites for hydroxylation is 1. The Balaban J connectivity index is 1.44. The molecule has 0 saturated carbocycles. The van der Waals surface area contributed by atoms with E-state index in [1.807, 2.05) is 18.1 Å². The molecule has 7 heteroatoms. The van der Waals surface area contributed by atoms with Crippen LogP contribution in [0.1, 0.15) is 18.4 Å². The van der Waals surface area contributed by atoms with Crippen LogP contribution in [0.15, 0.2) is 12.4 Å². The Morgan fingerprint density at radius 2 is 2.22 bits per heavy atom. The number of rotatable bonds is 4. The average molecular weight is 321 g/mol. The molecule has 0 bridgehead atoms. The summed E-state index contributed by atoms with van der Waals surface area (Å²) >= 11 is 0. The molecule has 1 atom stereocenters. The molecule has 0 aromatic carbocycles. The third-order valence-electron chi connectivity index (χ3n) is 4.63. The van der Waals surface area contributed by atoms with Gasteiger partial charge in [0.05, 0.1) is 19.4 Å². The van der Waals surface area contributed by atoms with Gasteiger partial charge in [-0.1, -0.05) is 0 Å². The lowest BCUT2D eigenvalue weighted by atomic mass is 9.97. The van der Waals surface area contributed by atoms with Gasteiger partial charge in [-0.25, -0.2) is 4.79 Å². The van der Waals surface area contributed by atoms with Crippen molar-refractivity contribution in [3.63, 3.8) is 0 Å². The monoisotopic (exact) mass is 321 g/mol. The summed E-state index contributed by atoms with van der Waals surface area (Å²) in [6.45, 7) is 7.04. The first kappa shape index (κ1) is 16.3. The number of hydrogen-bond donors (Lipinski definition) is 1. The van der Waals surface area contributed by atoms with Gasteiger partial charge in [0.1, 0.15) is 0 Å². The van der Waals surface area contributed by atoms with Crippen LogP contribution in [0, 0.1) is 5.92 Å². The highest BCUT2D eigenvalue weighted by Gasteiger charge is 2.25. The number of ether oxygens (including phenoxy) is 1. The molecule has 7 nitrogen and oxygen atoms in total. The number of hydrogen-bond acceptors (Lipinski definition) is 4. The van der Waals surface area contributed by atoms with Crippen molar-refractivity contribution in [1.29, 1.82) is 0 Å². The van der Waals surface area contributed by atoms with E-state index in [2.05, 4.69) is 15.3 Å². The number of carbonyl (C=O) groups is 1. The van der Waals surface area contributed by atoms with E-state index in [9.17, 15) is 4.79 Å². The van der Waals surface area contributed by atoms with Gasteiger partial charge in [0, 0.05) is 58.1 Å². The number of urea groups is 1. The van der Waals surface area contributed by atoms with Gasteiger partial charge in [-0.2, -0.15) is 5.10 Å². The fourth-order valence-electron chi connectivity index (χ4n) is 3.40. The van der Waals surface area contributed by atoms with E-state index in [1.54, 1.807) is 10.9 Å². The van der Waals surface area contributed by atoms with E-state index in [0.29, 0.717) is 12.5 Å². The normalized spacial score (nSPS) is 23.0. The summed E-state index contributed by atoms with van der Waals surface area (Å²) in [5.74, 6) is 0.575. The van der Waals surface area contributed by atoms with Crippen LogP contribution in [0.2, 0.25) is 0 Å². The van der Waals surface area contributed by atoms with Gasteiger partial charge in [0.15, 0.2) is 0 Å². The number of piperidine rings is 1. The SMILES string of the molecule is Cn1cc(CNC(=O)N2CCCC(CN3CCOCC3)C2)cn1. The average Bonchev–Trinajstić information content (AvgIpc) is 2.99. The lowest BCUT2D eigenvalue weighted by molar-refractivity contribution is 0.0249. The van der Waals surface area contributed by atoms with E-state index in [1.165, 1.54) is 6.42 Å². The largest absolute Gasteiger partial charge is 0.379 e. The summed E-state index contributed by atoms with van der Waals surface area (Å²) < 4.78 is 7.15. The number of carbonyl (C=O) groups excluding carboxylic acids is 1. The van der Waals surface area contributed by atoms with Crippen LogP contribution in [0.25, 0.3) is 0 Å². The third kappa shape index (κ3) is 4.68. The number of nitrogens with zero attached hydrogens (tertiary/aromatic N) is 4. The molecule has 0 aliphatic carbocycles. The van der Waals surface area contributed by atoms with Crippen molar-refractivity contribution < 1.29 is 9.53 Å². The third-order valence-corrected chi connectivity index (χ3v) is 4.63. The molecule has 1 unspecified atom stereocenters. The van der Waals surface area contributed by atoms with E-state index < -0.39 is 0 Å². The van der Waals surface area contributed by atoms with Crippen molar-refractivity contribution in [1.82, 2.24) is 24.9 Å². The van der Waals surface area contributed by atoms with Crippen molar-refractivity contribution >= 4 is 6.03 Å². The quantitative estimate of drug-likeness (QED) is 0.885. The molecule has 1 aromatic rings. The van der Waals surface area contributed by atoms with Crippen molar-refractivity contribution in [2.45, 2.75) is 19.4 Å². The van der Waals surface area contributed by atoms with E-state index in [4.69, 9.17) is 4.74 Å². The van der Waals surface area contributed by atoms with Crippen LogP contribution >= 0.6 is 0 Å². The first-order valence-electron chi connectivity index (χ1n) is 8.51. The highest BCUT2D eigenvalue weighted by atomic mass is 16.5. The van der Waals surface area contributed by atoms with Gasteiger partial charge in [-0.15, -0.1) is 0 Å². The van der Waals surface area contributed by atoms with Gasteiger partial charge in [0.2, 0.25) is 0 Å². The van der Waals surface area contributed by atoms with Gasteiger partial charge in [-0.3, -0.25) is 9.58 Å².